The molecule has 0 aromatic heterocycles. The molecule has 0 amide bonds. The molecule has 1 rings (SSSR count). The molecule has 1 aromatic carbocycles. The quantitative estimate of drug-likeness (QED) is 0.704. The van der Waals surface area contributed by atoms with Crippen LogP contribution in [0.1, 0.15) is 58.6 Å². The first-order valence-electron chi connectivity index (χ1n) is 8.32. The van der Waals surface area contributed by atoms with Crippen molar-refractivity contribution in [2.24, 2.45) is 11.7 Å². The van der Waals surface area contributed by atoms with Crippen molar-refractivity contribution in [3.8, 4) is 0 Å². The largest absolute Gasteiger partial charge is 0.326 e. The standard InChI is InChI=1S/C18H31ClN2/c1-5-14(6-2)13-21(8-4)18(17(20)7-3)15-9-11-16(19)12-10-15/h9-12,14,17-18H,5-8,13,20H2,1-4H3. The van der Waals surface area contributed by atoms with Crippen molar-refractivity contribution in [3.63, 3.8) is 0 Å². The van der Waals surface area contributed by atoms with Gasteiger partial charge in [0.15, 0.2) is 0 Å². The molecule has 0 saturated carbocycles. The molecular formula is C18H31ClN2. The molecule has 1 aromatic rings. The van der Waals surface area contributed by atoms with E-state index in [0.29, 0.717) is 0 Å². The summed E-state index contributed by atoms with van der Waals surface area (Å²) in [6.45, 7) is 11.1. The van der Waals surface area contributed by atoms with E-state index in [9.17, 15) is 0 Å². The molecule has 0 radical (unpaired) electrons. The lowest BCUT2D eigenvalue weighted by atomic mass is 9.94. The van der Waals surface area contributed by atoms with E-state index in [1.165, 1.54) is 18.4 Å². The van der Waals surface area contributed by atoms with Crippen LogP contribution in [0.3, 0.4) is 0 Å². The zero-order valence-corrected chi connectivity index (χ0v) is 14.7. The highest BCUT2D eigenvalue weighted by Gasteiger charge is 2.26. The first-order chi connectivity index (χ1) is 10.1. The second-order valence-corrected chi connectivity index (χ2v) is 6.28. The maximum Gasteiger partial charge on any atom is 0.0499 e. The lowest BCUT2D eigenvalue weighted by molar-refractivity contribution is 0.147. The van der Waals surface area contributed by atoms with Gasteiger partial charge >= 0.3 is 0 Å². The van der Waals surface area contributed by atoms with Gasteiger partial charge in [-0.15, -0.1) is 0 Å². The Morgan fingerprint density at radius 2 is 1.57 bits per heavy atom. The molecule has 0 spiro atoms. The maximum atomic E-state index is 6.45. The molecule has 2 N–H and O–H groups in total. The number of nitrogens with two attached hydrogens (primary N) is 1. The Bertz CT molecular complexity index is 387. The Hall–Kier alpha value is -0.570. The monoisotopic (exact) mass is 310 g/mol. The average molecular weight is 311 g/mol. The van der Waals surface area contributed by atoms with Gasteiger partial charge in [0.05, 0.1) is 0 Å². The Kier molecular flexibility index (Phi) is 8.31. The van der Waals surface area contributed by atoms with Gasteiger partial charge in [-0.1, -0.05) is 64.3 Å². The summed E-state index contributed by atoms with van der Waals surface area (Å²) in [6, 6.07) is 8.61. The van der Waals surface area contributed by atoms with Gasteiger partial charge in [0.25, 0.3) is 0 Å². The van der Waals surface area contributed by atoms with Crippen molar-refractivity contribution in [1.82, 2.24) is 4.90 Å². The Morgan fingerprint density at radius 3 is 2.00 bits per heavy atom. The van der Waals surface area contributed by atoms with E-state index in [4.69, 9.17) is 17.3 Å². The van der Waals surface area contributed by atoms with Gasteiger partial charge in [0, 0.05) is 23.7 Å². The van der Waals surface area contributed by atoms with Crippen molar-refractivity contribution in [3.05, 3.63) is 34.9 Å². The number of nitrogens with zero attached hydrogens (tertiary/aromatic N) is 1. The van der Waals surface area contributed by atoms with Crippen molar-refractivity contribution in [2.75, 3.05) is 13.1 Å². The van der Waals surface area contributed by atoms with Crippen molar-refractivity contribution < 1.29 is 0 Å². The van der Waals surface area contributed by atoms with Crippen molar-refractivity contribution >= 4 is 11.6 Å². The highest BCUT2D eigenvalue weighted by atomic mass is 35.5. The lowest BCUT2D eigenvalue weighted by Crippen LogP contribution is -2.42. The average Bonchev–Trinajstić information content (AvgIpc) is 2.52. The highest BCUT2D eigenvalue weighted by Crippen LogP contribution is 2.28. The number of rotatable bonds is 9. The summed E-state index contributed by atoms with van der Waals surface area (Å²) >= 11 is 6.03. The summed E-state index contributed by atoms with van der Waals surface area (Å²) in [5.41, 5.74) is 7.73. The molecule has 0 aliphatic carbocycles. The van der Waals surface area contributed by atoms with E-state index in [0.717, 1.165) is 30.5 Å². The second kappa shape index (κ2) is 9.45. The maximum absolute atomic E-state index is 6.45. The first kappa shape index (κ1) is 18.5. The molecule has 2 nitrogen and oxygen atoms in total. The van der Waals surface area contributed by atoms with E-state index in [2.05, 4.69) is 44.7 Å². The first-order valence-corrected chi connectivity index (χ1v) is 8.70. The summed E-state index contributed by atoms with van der Waals surface area (Å²) < 4.78 is 0. The minimum absolute atomic E-state index is 0.153. The Balaban J connectivity index is 3.01. The Labute approximate surface area is 135 Å². The van der Waals surface area contributed by atoms with E-state index in [1.807, 2.05) is 12.1 Å². The van der Waals surface area contributed by atoms with Gasteiger partial charge in [0.1, 0.15) is 0 Å². The molecule has 0 fully saturated rings. The molecule has 3 heteroatoms. The zero-order valence-electron chi connectivity index (χ0n) is 14.0. The number of likely N-dealkylation sites (N-methyl/N-ethyl adjacent to an activating group) is 1. The van der Waals surface area contributed by atoms with Crippen LogP contribution in [0.5, 0.6) is 0 Å². The fourth-order valence-electron chi connectivity index (χ4n) is 2.93. The molecular weight excluding hydrogens is 280 g/mol. The van der Waals surface area contributed by atoms with E-state index < -0.39 is 0 Å². The third-order valence-corrected chi connectivity index (χ3v) is 4.79. The molecule has 120 valence electrons. The van der Waals surface area contributed by atoms with Crippen molar-refractivity contribution in [1.29, 1.82) is 0 Å². The van der Waals surface area contributed by atoms with Crippen molar-refractivity contribution in [2.45, 2.75) is 59.0 Å². The van der Waals surface area contributed by atoms with Crippen LogP contribution in [-0.2, 0) is 0 Å². The Morgan fingerprint density at radius 1 is 1.00 bits per heavy atom. The minimum Gasteiger partial charge on any atom is -0.326 e. The fraction of sp³-hybridized carbons (Fsp3) is 0.667. The molecule has 0 saturated heterocycles. The normalized spacial score (nSPS) is 14.7. The summed E-state index contributed by atoms with van der Waals surface area (Å²) in [5, 5.41) is 0.783. The topological polar surface area (TPSA) is 29.3 Å². The van der Waals surface area contributed by atoms with Crippen LogP contribution in [-0.4, -0.2) is 24.0 Å². The predicted molar refractivity (Wildman–Crippen MR) is 93.8 cm³/mol. The summed E-state index contributed by atoms with van der Waals surface area (Å²) in [6.07, 6.45) is 3.43. The van der Waals surface area contributed by atoms with Crippen LogP contribution in [0.2, 0.25) is 5.02 Å². The van der Waals surface area contributed by atoms with Crippen LogP contribution < -0.4 is 5.73 Å². The summed E-state index contributed by atoms with van der Waals surface area (Å²) in [4.78, 5) is 2.54. The fourth-order valence-corrected chi connectivity index (χ4v) is 3.06. The van der Waals surface area contributed by atoms with Gasteiger partial charge in [-0.3, -0.25) is 4.90 Å². The summed E-state index contributed by atoms with van der Waals surface area (Å²) in [7, 11) is 0. The van der Waals surface area contributed by atoms with Gasteiger partial charge in [0.2, 0.25) is 0 Å². The molecule has 0 heterocycles. The molecule has 2 unspecified atom stereocenters. The van der Waals surface area contributed by atoms with Gasteiger partial charge < -0.3 is 5.73 Å². The lowest BCUT2D eigenvalue weighted by Gasteiger charge is -2.37. The number of hydrogen-bond acceptors (Lipinski definition) is 2. The van der Waals surface area contributed by atoms with E-state index >= 15 is 0 Å². The van der Waals surface area contributed by atoms with E-state index in [-0.39, 0.29) is 12.1 Å². The second-order valence-electron chi connectivity index (χ2n) is 5.84. The number of halogens is 1. The minimum atomic E-state index is 0.153. The molecule has 0 aliphatic heterocycles. The molecule has 0 aliphatic rings. The smallest absolute Gasteiger partial charge is 0.0499 e. The van der Waals surface area contributed by atoms with Gasteiger partial charge in [-0.05, 0) is 36.6 Å². The predicted octanol–water partition coefficient (Wildman–Crippen LogP) is 4.88. The zero-order chi connectivity index (χ0) is 15.8. The van der Waals surface area contributed by atoms with E-state index in [1.54, 1.807) is 0 Å². The SMILES string of the molecule is CCC(CC)CN(CC)C(c1ccc(Cl)cc1)C(N)CC. The van der Waals surface area contributed by atoms with Gasteiger partial charge in [-0.25, -0.2) is 0 Å². The third-order valence-electron chi connectivity index (χ3n) is 4.54. The number of benzene rings is 1. The van der Waals surface area contributed by atoms with Gasteiger partial charge in [-0.2, -0.15) is 0 Å². The van der Waals surface area contributed by atoms with Crippen LogP contribution in [0.25, 0.3) is 0 Å². The highest BCUT2D eigenvalue weighted by molar-refractivity contribution is 6.30. The molecule has 0 bridgehead atoms. The summed E-state index contributed by atoms with van der Waals surface area (Å²) in [5.74, 6) is 0.740. The van der Waals surface area contributed by atoms with Crippen LogP contribution in [0.4, 0.5) is 0 Å². The van der Waals surface area contributed by atoms with Crippen LogP contribution in [0.15, 0.2) is 24.3 Å². The van der Waals surface area contributed by atoms with Crippen LogP contribution in [0, 0.1) is 5.92 Å². The molecule has 21 heavy (non-hydrogen) atoms. The van der Waals surface area contributed by atoms with Crippen LogP contribution >= 0.6 is 11.6 Å². The molecule has 2 atom stereocenters. The third kappa shape index (κ3) is 5.28. The number of hydrogen-bond donors (Lipinski definition) is 1.